The molecule has 0 spiro atoms. The molecular formula is C68H65N3O. The Balaban J connectivity index is 1.29. The molecule has 0 aliphatic carbocycles. The summed E-state index contributed by atoms with van der Waals surface area (Å²) in [6.45, 7) is 24.3. The lowest BCUT2D eigenvalue weighted by atomic mass is 9.79. The normalized spacial score (nSPS) is 12.2. The third-order valence-corrected chi connectivity index (χ3v) is 14.2. The molecule has 2 aromatic heterocycles. The van der Waals surface area contributed by atoms with Crippen LogP contribution in [0, 0.1) is 13.8 Å². The van der Waals surface area contributed by atoms with Gasteiger partial charge >= 0.3 is 0 Å². The topological polar surface area (TPSA) is 50.9 Å². The average molecular weight is 940 g/mol. The first kappa shape index (κ1) is 47.8. The summed E-state index contributed by atoms with van der Waals surface area (Å²) in [5, 5.41) is 12.8. The molecule has 0 atom stereocenters. The first-order valence-corrected chi connectivity index (χ1v) is 25.3. The molecule has 0 radical (unpaired) electrons. The molecule has 4 nitrogen and oxygen atoms in total. The molecule has 1 N–H and O–H groups in total. The van der Waals surface area contributed by atoms with Crippen LogP contribution < -0.4 is 0 Å². The minimum Gasteiger partial charge on any atom is -0.507 e. The number of phenols is 1. The first-order valence-electron chi connectivity index (χ1n) is 25.3. The van der Waals surface area contributed by atoms with Crippen LogP contribution in [0.25, 0.3) is 95.0 Å². The molecule has 0 aliphatic rings. The van der Waals surface area contributed by atoms with Gasteiger partial charge in [0.2, 0.25) is 0 Å². The van der Waals surface area contributed by atoms with Crippen LogP contribution in [0.3, 0.4) is 0 Å². The number of aryl methyl sites for hydroxylation is 2. The molecule has 0 unspecified atom stereocenters. The second-order valence-electron chi connectivity index (χ2n) is 22.7. The second-order valence-corrected chi connectivity index (χ2v) is 22.7. The number of aromatic hydroxyl groups is 1. The molecule has 8 aromatic carbocycles. The number of imidazole rings is 1. The lowest BCUT2D eigenvalue weighted by Crippen LogP contribution is -2.17. The van der Waals surface area contributed by atoms with Crippen LogP contribution in [0.5, 0.6) is 5.75 Å². The van der Waals surface area contributed by atoms with Crippen LogP contribution in [-0.2, 0) is 16.2 Å². The Bertz CT molecular complexity index is 3620. The van der Waals surface area contributed by atoms with Crippen LogP contribution in [0.1, 0.15) is 90.1 Å². The van der Waals surface area contributed by atoms with Crippen molar-refractivity contribution in [2.45, 2.75) is 92.4 Å². The van der Waals surface area contributed by atoms with Crippen LogP contribution in [0.15, 0.2) is 188 Å². The number of benzene rings is 8. The van der Waals surface area contributed by atoms with E-state index in [9.17, 15) is 5.11 Å². The summed E-state index contributed by atoms with van der Waals surface area (Å²) in [7, 11) is 0. The van der Waals surface area contributed by atoms with E-state index in [0.29, 0.717) is 11.4 Å². The predicted molar refractivity (Wildman–Crippen MR) is 304 cm³/mol. The van der Waals surface area contributed by atoms with Gasteiger partial charge in [-0.15, -0.1) is 0 Å². The molecular weight excluding hydrogens is 875 g/mol. The van der Waals surface area contributed by atoms with Crippen molar-refractivity contribution in [2.24, 2.45) is 0 Å². The van der Waals surface area contributed by atoms with E-state index < -0.39 is 0 Å². The third-order valence-electron chi connectivity index (χ3n) is 14.2. The maximum absolute atomic E-state index is 12.8. The van der Waals surface area contributed by atoms with E-state index in [1.165, 1.54) is 16.7 Å². The molecule has 4 heteroatoms. The minimum atomic E-state index is -0.352. The second kappa shape index (κ2) is 18.4. The zero-order chi connectivity index (χ0) is 50.7. The summed E-state index contributed by atoms with van der Waals surface area (Å²) in [4.78, 5) is 10.8. The van der Waals surface area contributed by atoms with E-state index in [1.807, 2.05) is 6.20 Å². The van der Waals surface area contributed by atoms with Crippen LogP contribution in [-0.4, -0.2) is 19.6 Å². The molecule has 10 rings (SSSR count). The zero-order valence-electron chi connectivity index (χ0n) is 43.7. The summed E-state index contributed by atoms with van der Waals surface area (Å²) < 4.78 is 2.32. The summed E-state index contributed by atoms with van der Waals surface area (Å²) in [5.41, 5.74) is 21.4. The van der Waals surface area contributed by atoms with E-state index in [-0.39, 0.29) is 22.0 Å². The van der Waals surface area contributed by atoms with Gasteiger partial charge in [-0.2, -0.15) is 0 Å². The molecule has 72 heavy (non-hydrogen) atoms. The van der Waals surface area contributed by atoms with E-state index >= 15 is 0 Å². The third kappa shape index (κ3) is 9.30. The number of hydrogen-bond acceptors (Lipinski definition) is 3. The van der Waals surface area contributed by atoms with Gasteiger partial charge < -0.3 is 5.11 Å². The first-order chi connectivity index (χ1) is 34.3. The summed E-state index contributed by atoms with van der Waals surface area (Å²) in [6, 6.07) is 65.6. The van der Waals surface area contributed by atoms with Crippen LogP contribution in [0.4, 0.5) is 0 Å². The van der Waals surface area contributed by atoms with Gasteiger partial charge in [-0.05, 0) is 146 Å². The molecule has 358 valence electrons. The van der Waals surface area contributed by atoms with Crippen molar-refractivity contribution in [2.75, 3.05) is 0 Å². The summed E-state index contributed by atoms with van der Waals surface area (Å²) in [5.74, 6) is 0.924. The van der Waals surface area contributed by atoms with Gasteiger partial charge in [0.05, 0.1) is 28.0 Å². The molecule has 0 aliphatic heterocycles. The van der Waals surface area contributed by atoms with E-state index in [2.05, 4.69) is 263 Å². The van der Waals surface area contributed by atoms with Crippen molar-refractivity contribution in [3.63, 3.8) is 0 Å². The van der Waals surface area contributed by atoms with Crippen molar-refractivity contribution >= 4 is 11.0 Å². The lowest BCUT2D eigenvalue weighted by molar-refractivity contribution is 0.446. The number of nitrogens with zero attached hydrogens (tertiary/aromatic N) is 3. The molecule has 10 aromatic rings. The molecule has 0 bridgehead atoms. The zero-order valence-corrected chi connectivity index (χ0v) is 43.7. The molecule has 0 amide bonds. The number of aromatic nitrogens is 3. The molecule has 0 saturated heterocycles. The Morgan fingerprint density at radius 1 is 0.417 bits per heavy atom. The fourth-order valence-electron chi connectivity index (χ4n) is 10.00. The SMILES string of the molecule is Cc1ccc(-c2ccnc(-c3cc(-c4ccccc4)cc(-c4cccc5c4nc(-c4cc(C(C)(C)C)cc(C(C)(C)C)c4O)n5-c4cc(C)c(-c5ccccc5)cc4-c4ccc(C(C)(C)C)cc4)c3)c2)cc1. The summed E-state index contributed by atoms with van der Waals surface area (Å²) in [6.07, 6.45) is 1.91. The molecule has 0 saturated carbocycles. The Kier molecular flexibility index (Phi) is 12.2. The van der Waals surface area contributed by atoms with Crippen molar-refractivity contribution in [3.8, 4) is 89.7 Å². The maximum Gasteiger partial charge on any atom is 0.149 e. The maximum atomic E-state index is 12.8. The number of hydrogen-bond donors (Lipinski definition) is 1. The van der Waals surface area contributed by atoms with Gasteiger partial charge in [-0.25, -0.2) is 4.98 Å². The Morgan fingerprint density at radius 3 is 1.67 bits per heavy atom. The highest BCUT2D eigenvalue weighted by molar-refractivity contribution is 5.99. The number of phenolic OH excluding ortho intramolecular Hbond substituents is 1. The fourth-order valence-corrected chi connectivity index (χ4v) is 10.00. The van der Waals surface area contributed by atoms with Crippen molar-refractivity contribution in [3.05, 3.63) is 216 Å². The van der Waals surface area contributed by atoms with E-state index in [4.69, 9.17) is 9.97 Å². The van der Waals surface area contributed by atoms with Crippen LogP contribution in [0.2, 0.25) is 0 Å². The minimum absolute atomic E-state index is 0.00798. The highest BCUT2D eigenvalue weighted by Gasteiger charge is 2.30. The van der Waals surface area contributed by atoms with E-state index in [0.717, 1.165) is 94.7 Å². The number of fused-ring (bicyclic) bond motifs is 1. The lowest BCUT2D eigenvalue weighted by Gasteiger charge is -2.28. The van der Waals surface area contributed by atoms with Gasteiger partial charge in [0.25, 0.3) is 0 Å². The van der Waals surface area contributed by atoms with E-state index in [1.54, 1.807) is 0 Å². The van der Waals surface area contributed by atoms with Gasteiger partial charge in [0.15, 0.2) is 0 Å². The smallest absolute Gasteiger partial charge is 0.149 e. The van der Waals surface area contributed by atoms with Gasteiger partial charge in [-0.1, -0.05) is 195 Å². The monoisotopic (exact) mass is 940 g/mol. The van der Waals surface area contributed by atoms with Crippen molar-refractivity contribution in [1.29, 1.82) is 0 Å². The summed E-state index contributed by atoms with van der Waals surface area (Å²) >= 11 is 0. The average Bonchev–Trinajstić information content (AvgIpc) is 3.75. The van der Waals surface area contributed by atoms with Crippen LogP contribution >= 0.6 is 0 Å². The predicted octanol–water partition coefficient (Wildman–Crippen LogP) is 18.3. The Morgan fingerprint density at radius 2 is 1.01 bits per heavy atom. The number of pyridine rings is 1. The van der Waals surface area contributed by atoms with Gasteiger partial charge in [0, 0.05) is 28.5 Å². The quantitative estimate of drug-likeness (QED) is 0.165. The Labute approximate surface area is 426 Å². The Hall–Kier alpha value is -7.82. The molecule has 0 fully saturated rings. The number of para-hydroxylation sites is 1. The highest BCUT2D eigenvalue weighted by atomic mass is 16.3. The largest absolute Gasteiger partial charge is 0.507 e. The van der Waals surface area contributed by atoms with Gasteiger partial charge in [0.1, 0.15) is 11.6 Å². The standard InChI is InChI=1S/C68H65N3O/c1-43-25-27-46(28-26-43)49-33-34-69-60(39-49)52-37-50(45-19-14-12-15-20-45)36-51(38-52)55-23-18-24-61-63(55)70-65(58-40-54(67(6,7)8)41-59(64(58)72)68(9,10)11)71(61)62-35-44(2)56(47-21-16-13-17-22-47)42-57(62)48-29-31-53(32-30-48)66(3,4)5/h12-42,72H,1-11H3. The molecule has 2 heterocycles. The van der Waals surface area contributed by atoms with Crippen molar-refractivity contribution in [1.82, 2.24) is 14.5 Å². The fraction of sp³-hybridized carbons (Fsp3) is 0.206. The highest BCUT2D eigenvalue weighted by Crippen LogP contribution is 2.47. The van der Waals surface area contributed by atoms with Crippen molar-refractivity contribution < 1.29 is 5.11 Å². The van der Waals surface area contributed by atoms with Gasteiger partial charge in [-0.3, -0.25) is 9.55 Å². The number of rotatable bonds is 8.